The van der Waals surface area contributed by atoms with E-state index in [9.17, 15) is 22.8 Å². The average Bonchev–Trinajstić information content (AvgIpc) is 3.17. The molecule has 0 saturated carbocycles. The van der Waals surface area contributed by atoms with Gasteiger partial charge in [0.05, 0.1) is 33.7 Å². The Labute approximate surface area is 222 Å². The first-order chi connectivity index (χ1) is 17.0. The molecule has 1 N–H and O–H groups in total. The third kappa shape index (κ3) is 6.71. The van der Waals surface area contributed by atoms with E-state index in [2.05, 4.69) is 21.2 Å². The first-order valence-corrected chi connectivity index (χ1v) is 12.4. The molecule has 0 aliphatic rings. The fourth-order valence-electron chi connectivity index (χ4n) is 3.15. The lowest BCUT2D eigenvalue weighted by Gasteiger charge is -2.13. The molecule has 0 atom stereocenters. The van der Waals surface area contributed by atoms with Crippen LogP contribution in [-0.4, -0.2) is 32.3 Å². The highest BCUT2D eigenvalue weighted by Crippen LogP contribution is 2.46. The van der Waals surface area contributed by atoms with E-state index in [4.69, 9.17) is 25.8 Å². The zero-order valence-electron chi connectivity index (χ0n) is 19.0. The van der Waals surface area contributed by atoms with Crippen LogP contribution in [0.3, 0.4) is 0 Å². The number of esters is 2. The standard InChI is InChI=1S/C24H20BrClF3NO5S/c1-3-34-18(31)12-35-20-19(25)21(36-22(20)23(32)33-2)14-6-4-5-13(9-14)11-30-15-7-8-17(26)16(10-15)24(27,28)29/h4-10,30H,3,11-12H2,1-2H3. The molecular weight excluding hydrogens is 587 g/mol. The Morgan fingerprint density at radius 2 is 1.92 bits per heavy atom. The van der Waals surface area contributed by atoms with Crippen LogP contribution in [0.1, 0.15) is 27.7 Å². The number of nitrogens with one attached hydrogen (secondary N) is 1. The second-order valence-electron chi connectivity index (χ2n) is 7.24. The lowest BCUT2D eigenvalue weighted by atomic mass is 10.1. The van der Waals surface area contributed by atoms with Crippen molar-refractivity contribution in [3.8, 4) is 16.2 Å². The largest absolute Gasteiger partial charge is 0.479 e. The van der Waals surface area contributed by atoms with Gasteiger partial charge in [-0.2, -0.15) is 13.2 Å². The molecule has 0 bridgehead atoms. The first-order valence-electron chi connectivity index (χ1n) is 10.4. The Morgan fingerprint density at radius 1 is 1.17 bits per heavy atom. The van der Waals surface area contributed by atoms with Crippen molar-refractivity contribution in [2.75, 3.05) is 25.6 Å². The first kappa shape index (κ1) is 27.8. The van der Waals surface area contributed by atoms with Crippen LogP contribution in [0, 0.1) is 0 Å². The van der Waals surface area contributed by atoms with Crippen LogP contribution in [-0.2, 0) is 27.0 Å². The second-order valence-corrected chi connectivity index (χ2v) is 9.46. The van der Waals surface area contributed by atoms with Crippen molar-refractivity contribution < 1.29 is 37.0 Å². The topological polar surface area (TPSA) is 73.9 Å². The Hall–Kier alpha value is -2.76. The fraction of sp³-hybridized carbons (Fsp3) is 0.250. The van der Waals surface area contributed by atoms with Gasteiger partial charge in [0.2, 0.25) is 0 Å². The van der Waals surface area contributed by atoms with Crippen LogP contribution in [0.2, 0.25) is 5.02 Å². The number of thiophene rings is 1. The number of hydrogen-bond acceptors (Lipinski definition) is 7. The number of benzene rings is 2. The zero-order chi connectivity index (χ0) is 26.5. The highest BCUT2D eigenvalue weighted by Gasteiger charge is 2.33. The molecule has 0 amide bonds. The van der Waals surface area contributed by atoms with E-state index in [1.54, 1.807) is 25.1 Å². The Balaban J connectivity index is 1.85. The number of carbonyl (C=O) groups is 2. The van der Waals surface area contributed by atoms with E-state index < -0.39 is 30.3 Å². The average molecular weight is 607 g/mol. The highest BCUT2D eigenvalue weighted by atomic mass is 79.9. The van der Waals surface area contributed by atoms with Gasteiger partial charge in [-0.15, -0.1) is 11.3 Å². The van der Waals surface area contributed by atoms with E-state index in [-0.39, 0.29) is 34.5 Å². The predicted molar refractivity (Wildman–Crippen MR) is 135 cm³/mol. The van der Waals surface area contributed by atoms with Gasteiger partial charge < -0.3 is 19.5 Å². The van der Waals surface area contributed by atoms with Crippen molar-refractivity contribution in [2.45, 2.75) is 19.6 Å². The summed E-state index contributed by atoms with van der Waals surface area (Å²) in [4.78, 5) is 24.9. The third-order valence-corrected chi connectivity index (χ3v) is 7.33. The van der Waals surface area contributed by atoms with Crippen molar-refractivity contribution in [3.63, 3.8) is 0 Å². The summed E-state index contributed by atoms with van der Waals surface area (Å²) in [5.74, 6) is -1.07. The Kier molecular flexibility index (Phi) is 9.26. The summed E-state index contributed by atoms with van der Waals surface area (Å²) in [5, 5.41) is 2.59. The minimum absolute atomic E-state index is 0.152. The van der Waals surface area contributed by atoms with Crippen LogP contribution in [0.15, 0.2) is 46.9 Å². The molecule has 3 aromatic rings. The maximum absolute atomic E-state index is 13.1. The number of anilines is 1. The van der Waals surface area contributed by atoms with Crippen molar-refractivity contribution in [1.29, 1.82) is 0 Å². The molecule has 0 spiro atoms. The van der Waals surface area contributed by atoms with Crippen molar-refractivity contribution >= 4 is 56.5 Å². The Morgan fingerprint density at radius 3 is 2.58 bits per heavy atom. The van der Waals surface area contributed by atoms with Gasteiger partial charge in [0.25, 0.3) is 0 Å². The summed E-state index contributed by atoms with van der Waals surface area (Å²) in [7, 11) is 1.23. The molecule has 6 nitrogen and oxygen atoms in total. The van der Waals surface area contributed by atoms with Gasteiger partial charge in [-0.1, -0.05) is 29.8 Å². The number of ether oxygens (including phenoxy) is 3. The summed E-state index contributed by atoms with van der Waals surface area (Å²) in [5.41, 5.74) is 0.826. The lowest BCUT2D eigenvalue weighted by Crippen LogP contribution is -2.15. The van der Waals surface area contributed by atoms with E-state index in [1.807, 2.05) is 6.07 Å². The summed E-state index contributed by atoms with van der Waals surface area (Å²) in [6.07, 6.45) is -4.56. The van der Waals surface area contributed by atoms with E-state index in [0.29, 0.717) is 9.35 Å². The molecule has 1 aromatic heterocycles. The van der Waals surface area contributed by atoms with Gasteiger partial charge in [0.15, 0.2) is 17.2 Å². The van der Waals surface area contributed by atoms with Crippen LogP contribution in [0.4, 0.5) is 18.9 Å². The molecule has 3 rings (SSSR count). The smallest absolute Gasteiger partial charge is 0.417 e. The molecule has 192 valence electrons. The van der Waals surface area contributed by atoms with Crippen molar-refractivity contribution in [2.24, 2.45) is 0 Å². The van der Waals surface area contributed by atoms with Crippen LogP contribution >= 0.6 is 38.9 Å². The van der Waals surface area contributed by atoms with E-state index in [1.165, 1.54) is 19.2 Å². The quantitative estimate of drug-likeness (QED) is 0.260. The minimum Gasteiger partial charge on any atom is -0.479 e. The molecule has 2 aromatic carbocycles. The van der Waals surface area contributed by atoms with E-state index >= 15 is 0 Å². The monoisotopic (exact) mass is 605 g/mol. The number of carbonyl (C=O) groups excluding carboxylic acids is 2. The van der Waals surface area contributed by atoms with Crippen LogP contribution in [0.5, 0.6) is 5.75 Å². The summed E-state index contributed by atoms with van der Waals surface area (Å²) >= 11 is 10.2. The molecule has 1 heterocycles. The third-order valence-electron chi connectivity index (χ3n) is 4.78. The molecule has 12 heteroatoms. The fourth-order valence-corrected chi connectivity index (χ4v) is 5.34. The number of alkyl halides is 3. The Bertz CT molecular complexity index is 1270. The molecule has 0 radical (unpaired) electrons. The van der Waals surface area contributed by atoms with E-state index in [0.717, 1.165) is 28.5 Å². The van der Waals surface area contributed by atoms with Gasteiger partial charge in [0.1, 0.15) is 0 Å². The molecule has 0 fully saturated rings. The number of rotatable bonds is 9. The summed E-state index contributed by atoms with van der Waals surface area (Å²) < 4.78 is 55.1. The maximum Gasteiger partial charge on any atom is 0.417 e. The van der Waals surface area contributed by atoms with Crippen molar-refractivity contribution in [1.82, 2.24) is 0 Å². The summed E-state index contributed by atoms with van der Waals surface area (Å²) in [6.45, 7) is 1.69. The lowest BCUT2D eigenvalue weighted by molar-refractivity contribution is -0.145. The number of halogens is 5. The molecule has 36 heavy (non-hydrogen) atoms. The molecule has 0 unspecified atom stereocenters. The van der Waals surface area contributed by atoms with Gasteiger partial charge in [-0.05, 0) is 58.2 Å². The number of methoxy groups -OCH3 is 1. The summed E-state index contributed by atoms with van der Waals surface area (Å²) in [6, 6.07) is 10.8. The molecule has 0 aliphatic carbocycles. The minimum atomic E-state index is -4.56. The van der Waals surface area contributed by atoms with Gasteiger partial charge in [0, 0.05) is 12.2 Å². The number of hydrogen-bond donors (Lipinski definition) is 1. The second kappa shape index (κ2) is 12.0. The molecule has 0 aliphatic heterocycles. The van der Waals surface area contributed by atoms with Gasteiger partial charge in [-0.25, -0.2) is 9.59 Å². The predicted octanol–water partition coefficient (Wildman–Crippen LogP) is 7.19. The van der Waals surface area contributed by atoms with Crippen LogP contribution < -0.4 is 10.1 Å². The van der Waals surface area contributed by atoms with Crippen molar-refractivity contribution in [3.05, 3.63) is 68.0 Å². The highest BCUT2D eigenvalue weighted by molar-refractivity contribution is 9.10. The SMILES string of the molecule is CCOC(=O)COc1c(C(=O)OC)sc(-c2cccc(CNc3ccc(Cl)c(C(F)(F)F)c3)c2)c1Br. The molecule has 0 saturated heterocycles. The normalized spacial score (nSPS) is 11.2. The maximum atomic E-state index is 13.1. The zero-order valence-corrected chi connectivity index (χ0v) is 22.2. The van der Waals surface area contributed by atoms with Crippen LogP contribution in [0.25, 0.3) is 10.4 Å². The molecular formula is C24H20BrClF3NO5S. The van der Waals surface area contributed by atoms with Gasteiger partial charge in [-0.3, -0.25) is 0 Å². The van der Waals surface area contributed by atoms with Gasteiger partial charge >= 0.3 is 18.1 Å².